The third-order valence-corrected chi connectivity index (χ3v) is 4.26. The Balaban J connectivity index is 2.09. The van der Waals surface area contributed by atoms with E-state index in [0.29, 0.717) is 18.3 Å². The lowest BCUT2D eigenvalue weighted by atomic mass is 9.77. The van der Waals surface area contributed by atoms with E-state index in [1.165, 1.54) is 24.1 Å². The highest BCUT2D eigenvalue weighted by atomic mass is 32.1. The van der Waals surface area contributed by atoms with Gasteiger partial charge in [0.05, 0.1) is 0 Å². The molecule has 1 aliphatic rings. The van der Waals surface area contributed by atoms with E-state index in [-0.39, 0.29) is 0 Å². The van der Waals surface area contributed by atoms with Crippen LogP contribution in [-0.2, 0) is 4.79 Å². The summed E-state index contributed by atoms with van der Waals surface area (Å²) in [6, 6.07) is 4.21. The van der Waals surface area contributed by atoms with Gasteiger partial charge in [0, 0.05) is 11.3 Å². The first-order valence-electron chi connectivity index (χ1n) is 5.52. The molecule has 0 spiro atoms. The summed E-state index contributed by atoms with van der Waals surface area (Å²) >= 11 is 1.77. The second-order valence-corrected chi connectivity index (χ2v) is 5.24. The lowest BCUT2D eigenvalue weighted by Gasteiger charge is -2.29. The van der Waals surface area contributed by atoms with Gasteiger partial charge in [-0.1, -0.05) is 18.9 Å². The number of carboxylic acid groups (broad SMARTS) is 1. The van der Waals surface area contributed by atoms with Gasteiger partial charge in [-0.2, -0.15) is 0 Å². The summed E-state index contributed by atoms with van der Waals surface area (Å²) in [7, 11) is 0. The molecule has 1 aromatic rings. The Morgan fingerprint density at radius 3 is 2.93 bits per heavy atom. The number of carboxylic acids is 1. The van der Waals surface area contributed by atoms with Crippen molar-refractivity contribution in [1.29, 1.82) is 0 Å². The predicted octanol–water partition coefficient (Wildman–Crippen LogP) is 3.50. The van der Waals surface area contributed by atoms with Gasteiger partial charge in [-0.05, 0) is 36.1 Å². The van der Waals surface area contributed by atoms with Crippen LogP contribution in [0, 0.1) is 5.92 Å². The Labute approximate surface area is 93.9 Å². The van der Waals surface area contributed by atoms with Crippen LogP contribution >= 0.6 is 11.3 Å². The number of rotatable bonds is 3. The van der Waals surface area contributed by atoms with E-state index in [1.807, 2.05) is 0 Å². The smallest absolute Gasteiger partial charge is 0.303 e. The molecule has 15 heavy (non-hydrogen) atoms. The summed E-state index contributed by atoms with van der Waals surface area (Å²) in [5.74, 6) is 0.202. The van der Waals surface area contributed by atoms with Crippen LogP contribution in [0.15, 0.2) is 17.5 Å². The number of carbonyl (C=O) groups is 1. The molecule has 2 unspecified atom stereocenters. The molecule has 1 heterocycles. The van der Waals surface area contributed by atoms with Crippen molar-refractivity contribution < 1.29 is 9.90 Å². The van der Waals surface area contributed by atoms with Crippen molar-refractivity contribution in [2.24, 2.45) is 5.92 Å². The third kappa shape index (κ3) is 2.59. The first-order chi connectivity index (χ1) is 7.27. The van der Waals surface area contributed by atoms with Gasteiger partial charge in [0.1, 0.15) is 0 Å². The molecule has 3 heteroatoms. The molecule has 1 fully saturated rings. The normalized spacial score (nSPS) is 26.4. The maximum absolute atomic E-state index is 10.8. The molecule has 2 nitrogen and oxygen atoms in total. The van der Waals surface area contributed by atoms with Gasteiger partial charge in [0.15, 0.2) is 0 Å². The summed E-state index contributed by atoms with van der Waals surface area (Å²) in [6.45, 7) is 0. The van der Waals surface area contributed by atoms with Crippen LogP contribution in [0.5, 0.6) is 0 Å². The molecule has 1 aliphatic carbocycles. The molecule has 1 aromatic heterocycles. The molecule has 0 aliphatic heterocycles. The predicted molar refractivity (Wildman–Crippen MR) is 61.3 cm³/mol. The Morgan fingerprint density at radius 1 is 1.47 bits per heavy atom. The molecule has 1 saturated carbocycles. The second-order valence-electron chi connectivity index (χ2n) is 4.26. The van der Waals surface area contributed by atoms with Crippen molar-refractivity contribution in [3.63, 3.8) is 0 Å². The SMILES string of the molecule is O=C(O)CC1CCCCC1c1cccs1. The van der Waals surface area contributed by atoms with Gasteiger partial charge in [-0.3, -0.25) is 4.79 Å². The highest BCUT2D eigenvalue weighted by Crippen LogP contribution is 2.41. The molecule has 1 N–H and O–H groups in total. The maximum Gasteiger partial charge on any atom is 0.303 e. The van der Waals surface area contributed by atoms with E-state index in [9.17, 15) is 4.79 Å². The molecule has 0 saturated heterocycles. The highest BCUT2D eigenvalue weighted by molar-refractivity contribution is 7.10. The van der Waals surface area contributed by atoms with Gasteiger partial charge in [0.25, 0.3) is 0 Å². The average molecular weight is 224 g/mol. The minimum Gasteiger partial charge on any atom is -0.481 e. The zero-order valence-electron chi connectivity index (χ0n) is 8.69. The van der Waals surface area contributed by atoms with Gasteiger partial charge in [-0.15, -0.1) is 11.3 Å². The molecule has 2 atom stereocenters. The van der Waals surface area contributed by atoms with Crippen LogP contribution in [0.2, 0.25) is 0 Å². The highest BCUT2D eigenvalue weighted by Gasteiger charge is 2.28. The molecule has 0 amide bonds. The number of hydrogen-bond acceptors (Lipinski definition) is 2. The van der Waals surface area contributed by atoms with E-state index < -0.39 is 5.97 Å². The molecule has 82 valence electrons. The fourth-order valence-electron chi connectivity index (χ4n) is 2.55. The van der Waals surface area contributed by atoms with E-state index >= 15 is 0 Å². The van der Waals surface area contributed by atoms with Gasteiger partial charge < -0.3 is 5.11 Å². The first kappa shape index (κ1) is 10.7. The Hall–Kier alpha value is -0.830. The number of aliphatic carboxylic acids is 1. The minimum absolute atomic E-state index is 0.336. The molecule has 0 radical (unpaired) electrons. The quantitative estimate of drug-likeness (QED) is 0.853. The van der Waals surface area contributed by atoms with Crippen LogP contribution in [0.1, 0.15) is 42.9 Å². The van der Waals surface area contributed by atoms with E-state index in [1.54, 1.807) is 11.3 Å². The third-order valence-electron chi connectivity index (χ3n) is 3.25. The Kier molecular flexibility index (Phi) is 3.41. The number of hydrogen-bond donors (Lipinski definition) is 1. The summed E-state index contributed by atoms with van der Waals surface area (Å²) < 4.78 is 0. The van der Waals surface area contributed by atoms with Crippen LogP contribution in [0.3, 0.4) is 0 Å². The summed E-state index contributed by atoms with van der Waals surface area (Å²) in [4.78, 5) is 12.2. The van der Waals surface area contributed by atoms with Crippen molar-refractivity contribution >= 4 is 17.3 Å². The molecular weight excluding hydrogens is 208 g/mol. The van der Waals surface area contributed by atoms with Crippen LogP contribution < -0.4 is 0 Å². The minimum atomic E-state index is -0.650. The lowest BCUT2D eigenvalue weighted by molar-refractivity contribution is -0.138. The average Bonchev–Trinajstić information content (AvgIpc) is 2.70. The lowest BCUT2D eigenvalue weighted by Crippen LogP contribution is -2.20. The van der Waals surface area contributed by atoms with E-state index in [0.717, 1.165) is 6.42 Å². The molecular formula is C12H16O2S. The second kappa shape index (κ2) is 4.79. The zero-order valence-corrected chi connectivity index (χ0v) is 9.50. The summed E-state index contributed by atoms with van der Waals surface area (Å²) in [5.41, 5.74) is 0. The Bertz CT molecular complexity index is 318. The van der Waals surface area contributed by atoms with Crippen LogP contribution in [0.25, 0.3) is 0 Å². The maximum atomic E-state index is 10.8. The van der Waals surface area contributed by atoms with Crippen molar-refractivity contribution in [2.75, 3.05) is 0 Å². The van der Waals surface area contributed by atoms with E-state index in [4.69, 9.17) is 5.11 Å². The Morgan fingerprint density at radius 2 is 2.27 bits per heavy atom. The fourth-order valence-corrected chi connectivity index (χ4v) is 3.51. The van der Waals surface area contributed by atoms with Crippen LogP contribution in [-0.4, -0.2) is 11.1 Å². The molecule has 2 rings (SSSR count). The number of thiophene rings is 1. The summed E-state index contributed by atoms with van der Waals surface area (Å²) in [6.07, 6.45) is 5.02. The van der Waals surface area contributed by atoms with Crippen molar-refractivity contribution in [2.45, 2.75) is 38.0 Å². The molecule has 0 aromatic carbocycles. The topological polar surface area (TPSA) is 37.3 Å². The molecule has 0 bridgehead atoms. The standard InChI is InChI=1S/C12H16O2S/c13-12(14)8-9-4-1-2-5-10(9)11-6-3-7-15-11/h3,6-7,9-10H,1-2,4-5,8H2,(H,13,14). The fraction of sp³-hybridized carbons (Fsp3) is 0.583. The summed E-state index contributed by atoms with van der Waals surface area (Å²) in [5, 5.41) is 11.0. The van der Waals surface area contributed by atoms with E-state index in [2.05, 4.69) is 17.5 Å². The van der Waals surface area contributed by atoms with Gasteiger partial charge in [0.2, 0.25) is 0 Å². The zero-order chi connectivity index (χ0) is 10.7. The van der Waals surface area contributed by atoms with Crippen molar-refractivity contribution in [3.8, 4) is 0 Å². The largest absolute Gasteiger partial charge is 0.481 e. The van der Waals surface area contributed by atoms with Gasteiger partial charge in [-0.25, -0.2) is 0 Å². The van der Waals surface area contributed by atoms with Crippen molar-refractivity contribution in [3.05, 3.63) is 22.4 Å². The first-order valence-corrected chi connectivity index (χ1v) is 6.40. The van der Waals surface area contributed by atoms with Gasteiger partial charge >= 0.3 is 5.97 Å². The van der Waals surface area contributed by atoms with Crippen LogP contribution in [0.4, 0.5) is 0 Å². The monoisotopic (exact) mass is 224 g/mol. The van der Waals surface area contributed by atoms with Crippen molar-refractivity contribution in [1.82, 2.24) is 0 Å².